The molecule has 1 amide bonds. The third kappa shape index (κ3) is 3.55. The van der Waals surface area contributed by atoms with E-state index < -0.39 is 0 Å². The number of nitrogens with zero attached hydrogens (tertiary/aromatic N) is 3. The molecule has 120 valence electrons. The van der Waals surface area contributed by atoms with Gasteiger partial charge in [-0.05, 0) is 13.5 Å². The normalized spacial score (nSPS) is 21.3. The number of amides is 1. The predicted octanol–water partition coefficient (Wildman–Crippen LogP) is 1.80. The minimum atomic E-state index is -0.186. The van der Waals surface area contributed by atoms with Gasteiger partial charge in [0.2, 0.25) is 5.91 Å². The van der Waals surface area contributed by atoms with Crippen molar-refractivity contribution in [1.29, 1.82) is 0 Å². The molecule has 6 heteroatoms. The topological polar surface area (TPSA) is 67.3 Å². The summed E-state index contributed by atoms with van der Waals surface area (Å²) in [7, 11) is 3.60. The predicted molar refractivity (Wildman–Crippen MR) is 87.9 cm³/mol. The Bertz CT molecular complexity index is 660. The van der Waals surface area contributed by atoms with Gasteiger partial charge in [0, 0.05) is 19.2 Å². The van der Waals surface area contributed by atoms with Gasteiger partial charge in [0.15, 0.2) is 5.82 Å². The van der Waals surface area contributed by atoms with Crippen LogP contribution in [0.15, 0.2) is 42.7 Å². The standard InChI is InChI=1S/C17H20N4O2/c1-21-11-14(23-2)8-15(21)17(22)20-13-9-18-16(19-10-13)12-6-4-3-5-7-12/h3-7,9-10,14-15H,8,11H2,1-2H3,(H,20,22)/t14-,15-/m0/s1. The van der Waals surface area contributed by atoms with Crippen molar-refractivity contribution in [1.82, 2.24) is 14.9 Å². The molecule has 3 rings (SSSR count). The number of likely N-dealkylation sites (tertiary alicyclic amines) is 1. The number of hydrogen-bond acceptors (Lipinski definition) is 5. The Labute approximate surface area is 135 Å². The lowest BCUT2D eigenvalue weighted by molar-refractivity contribution is -0.120. The third-order valence-electron chi connectivity index (χ3n) is 4.10. The minimum absolute atomic E-state index is 0.0527. The van der Waals surface area contributed by atoms with Crippen molar-refractivity contribution in [3.63, 3.8) is 0 Å². The molecule has 0 bridgehead atoms. The van der Waals surface area contributed by atoms with Crippen LogP contribution in [-0.4, -0.2) is 53.6 Å². The van der Waals surface area contributed by atoms with Crippen LogP contribution in [0.2, 0.25) is 0 Å². The number of carbonyl (C=O) groups is 1. The van der Waals surface area contributed by atoms with Crippen molar-refractivity contribution in [3.8, 4) is 11.4 Å². The van der Waals surface area contributed by atoms with E-state index in [9.17, 15) is 4.79 Å². The van der Waals surface area contributed by atoms with E-state index in [4.69, 9.17) is 4.74 Å². The van der Waals surface area contributed by atoms with Gasteiger partial charge in [-0.15, -0.1) is 0 Å². The quantitative estimate of drug-likeness (QED) is 0.932. The van der Waals surface area contributed by atoms with Crippen molar-refractivity contribution < 1.29 is 9.53 Å². The number of anilines is 1. The lowest BCUT2D eigenvalue weighted by Gasteiger charge is -2.17. The Hall–Kier alpha value is -2.31. The summed E-state index contributed by atoms with van der Waals surface area (Å²) in [5, 5.41) is 2.88. The van der Waals surface area contributed by atoms with E-state index in [1.54, 1.807) is 19.5 Å². The molecule has 2 heterocycles. The van der Waals surface area contributed by atoms with Crippen LogP contribution in [0.25, 0.3) is 11.4 Å². The van der Waals surface area contributed by atoms with E-state index in [0.717, 1.165) is 12.1 Å². The zero-order chi connectivity index (χ0) is 16.2. The van der Waals surface area contributed by atoms with Gasteiger partial charge in [0.1, 0.15) is 0 Å². The molecular formula is C17H20N4O2. The maximum Gasteiger partial charge on any atom is 0.241 e. The second kappa shape index (κ2) is 6.85. The van der Waals surface area contributed by atoms with Crippen LogP contribution >= 0.6 is 0 Å². The largest absolute Gasteiger partial charge is 0.380 e. The fourth-order valence-electron chi connectivity index (χ4n) is 2.78. The van der Waals surface area contributed by atoms with Crippen molar-refractivity contribution in [2.45, 2.75) is 18.6 Å². The first-order valence-corrected chi connectivity index (χ1v) is 7.58. The Morgan fingerprint density at radius 3 is 2.57 bits per heavy atom. The SMILES string of the molecule is CO[C@H]1C[C@@H](C(=O)Nc2cnc(-c3ccccc3)nc2)N(C)C1. The van der Waals surface area contributed by atoms with Crippen LogP contribution in [-0.2, 0) is 9.53 Å². The summed E-state index contributed by atoms with van der Waals surface area (Å²) in [6.07, 6.45) is 4.07. The maximum absolute atomic E-state index is 12.4. The molecule has 0 spiro atoms. The molecule has 0 radical (unpaired) electrons. The van der Waals surface area contributed by atoms with E-state index >= 15 is 0 Å². The van der Waals surface area contributed by atoms with Gasteiger partial charge in [-0.2, -0.15) is 0 Å². The second-order valence-corrected chi connectivity index (χ2v) is 5.70. The molecule has 1 aromatic carbocycles. The van der Waals surface area contributed by atoms with Crippen molar-refractivity contribution >= 4 is 11.6 Å². The monoisotopic (exact) mass is 312 g/mol. The summed E-state index contributed by atoms with van der Waals surface area (Å²) in [6.45, 7) is 0.762. The Morgan fingerprint density at radius 2 is 1.96 bits per heavy atom. The molecule has 2 atom stereocenters. The van der Waals surface area contributed by atoms with Gasteiger partial charge in [-0.1, -0.05) is 30.3 Å². The summed E-state index contributed by atoms with van der Waals surface area (Å²) in [5.41, 5.74) is 1.55. The molecule has 23 heavy (non-hydrogen) atoms. The number of hydrogen-bond donors (Lipinski definition) is 1. The number of ether oxygens (including phenoxy) is 1. The van der Waals surface area contributed by atoms with Crippen molar-refractivity contribution in [2.24, 2.45) is 0 Å². The molecule has 2 aromatic rings. The molecule has 0 aliphatic carbocycles. The summed E-state index contributed by atoms with van der Waals surface area (Å²) >= 11 is 0. The number of carbonyl (C=O) groups excluding carboxylic acids is 1. The highest BCUT2D eigenvalue weighted by molar-refractivity contribution is 5.94. The fourth-order valence-corrected chi connectivity index (χ4v) is 2.78. The Kier molecular flexibility index (Phi) is 4.64. The zero-order valence-corrected chi connectivity index (χ0v) is 13.3. The van der Waals surface area contributed by atoms with Crippen LogP contribution in [0, 0.1) is 0 Å². The van der Waals surface area contributed by atoms with Crippen LogP contribution in [0.1, 0.15) is 6.42 Å². The molecular weight excluding hydrogens is 292 g/mol. The molecule has 1 fully saturated rings. The van der Waals surface area contributed by atoms with Gasteiger partial charge in [-0.25, -0.2) is 9.97 Å². The van der Waals surface area contributed by atoms with Gasteiger partial charge >= 0.3 is 0 Å². The number of likely N-dealkylation sites (N-methyl/N-ethyl adjacent to an activating group) is 1. The van der Waals surface area contributed by atoms with Crippen LogP contribution < -0.4 is 5.32 Å². The van der Waals surface area contributed by atoms with E-state index in [-0.39, 0.29) is 18.1 Å². The molecule has 1 saturated heterocycles. The lowest BCUT2D eigenvalue weighted by Crippen LogP contribution is -2.37. The van der Waals surface area contributed by atoms with Crippen molar-refractivity contribution in [3.05, 3.63) is 42.7 Å². The number of nitrogens with one attached hydrogen (secondary N) is 1. The first kappa shape index (κ1) is 15.6. The van der Waals surface area contributed by atoms with Crippen LogP contribution in [0.4, 0.5) is 5.69 Å². The molecule has 1 aromatic heterocycles. The Balaban J connectivity index is 1.65. The van der Waals surface area contributed by atoms with E-state index in [1.165, 1.54) is 0 Å². The third-order valence-corrected chi connectivity index (χ3v) is 4.10. The van der Waals surface area contributed by atoms with E-state index in [0.29, 0.717) is 17.9 Å². The summed E-state index contributed by atoms with van der Waals surface area (Å²) in [4.78, 5) is 23.0. The highest BCUT2D eigenvalue weighted by Crippen LogP contribution is 2.20. The number of benzene rings is 1. The second-order valence-electron chi connectivity index (χ2n) is 5.70. The molecule has 1 aliphatic rings. The molecule has 6 nitrogen and oxygen atoms in total. The average molecular weight is 312 g/mol. The molecule has 1 N–H and O–H groups in total. The highest BCUT2D eigenvalue weighted by Gasteiger charge is 2.34. The number of methoxy groups -OCH3 is 1. The number of rotatable bonds is 4. The summed E-state index contributed by atoms with van der Waals surface area (Å²) in [6, 6.07) is 9.54. The fraction of sp³-hybridized carbons (Fsp3) is 0.353. The average Bonchev–Trinajstić information content (AvgIpc) is 2.97. The Morgan fingerprint density at radius 1 is 1.26 bits per heavy atom. The molecule has 1 aliphatic heterocycles. The van der Waals surface area contributed by atoms with Crippen LogP contribution in [0.5, 0.6) is 0 Å². The van der Waals surface area contributed by atoms with E-state index in [1.807, 2.05) is 42.3 Å². The molecule has 0 saturated carbocycles. The summed E-state index contributed by atoms with van der Waals surface area (Å²) in [5.74, 6) is 0.587. The first-order chi connectivity index (χ1) is 11.2. The molecule has 0 unspecified atom stereocenters. The zero-order valence-electron chi connectivity index (χ0n) is 13.3. The lowest BCUT2D eigenvalue weighted by atomic mass is 10.2. The van der Waals surface area contributed by atoms with Gasteiger partial charge < -0.3 is 10.1 Å². The highest BCUT2D eigenvalue weighted by atomic mass is 16.5. The smallest absolute Gasteiger partial charge is 0.241 e. The first-order valence-electron chi connectivity index (χ1n) is 7.58. The maximum atomic E-state index is 12.4. The summed E-state index contributed by atoms with van der Waals surface area (Å²) < 4.78 is 5.33. The van der Waals surface area contributed by atoms with Crippen LogP contribution in [0.3, 0.4) is 0 Å². The van der Waals surface area contributed by atoms with E-state index in [2.05, 4.69) is 15.3 Å². The van der Waals surface area contributed by atoms with Gasteiger partial charge in [-0.3, -0.25) is 9.69 Å². The minimum Gasteiger partial charge on any atom is -0.380 e. The van der Waals surface area contributed by atoms with Gasteiger partial charge in [0.05, 0.1) is 30.2 Å². The van der Waals surface area contributed by atoms with Gasteiger partial charge in [0.25, 0.3) is 0 Å². The van der Waals surface area contributed by atoms with Crippen molar-refractivity contribution in [2.75, 3.05) is 26.0 Å². The number of aromatic nitrogens is 2.